The molecule has 0 saturated carbocycles. The third-order valence-electron chi connectivity index (χ3n) is 3.19. The highest BCUT2D eigenvalue weighted by molar-refractivity contribution is 5.96. The molecule has 0 radical (unpaired) electrons. The van der Waals surface area contributed by atoms with Gasteiger partial charge in [0.15, 0.2) is 0 Å². The summed E-state index contributed by atoms with van der Waals surface area (Å²) in [5, 5.41) is 5.81. The second-order valence-electron chi connectivity index (χ2n) is 4.68. The Labute approximate surface area is 117 Å². The highest BCUT2D eigenvalue weighted by atomic mass is 16.2. The van der Waals surface area contributed by atoms with Crippen molar-refractivity contribution in [3.8, 4) is 0 Å². The molecule has 1 atom stereocenters. The average Bonchev–Trinajstić information content (AvgIpc) is 2.48. The number of carbonyl (C=O) groups is 2. The molecular weight excluding hydrogens is 258 g/mol. The molecule has 1 fully saturated rings. The molecule has 1 unspecified atom stereocenters. The predicted octanol–water partition coefficient (Wildman–Crippen LogP) is 0.259. The van der Waals surface area contributed by atoms with Gasteiger partial charge >= 0.3 is 0 Å². The van der Waals surface area contributed by atoms with E-state index in [-0.39, 0.29) is 17.5 Å². The van der Waals surface area contributed by atoms with Crippen LogP contribution in [-0.4, -0.2) is 52.4 Å². The van der Waals surface area contributed by atoms with Crippen molar-refractivity contribution in [2.75, 3.05) is 25.0 Å². The van der Waals surface area contributed by atoms with Crippen LogP contribution in [0.1, 0.15) is 30.8 Å². The molecule has 20 heavy (non-hydrogen) atoms. The van der Waals surface area contributed by atoms with Gasteiger partial charge in [-0.3, -0.25) is 9.59 Å². The smallest absolute Gasteiger partial charge is 0.274 e. The van der Waals surface area contributed by atoms with Crippen molar-refractivity contribution in [3.05, 3.63) is 18.1 Å². The number of piperazine rings is 1. The van der Waals surface area contributed by atoms with E-state index in [1.165, 1.54) is 17.3 Å². The summed E-state index contributed by atoms with van der Waals surface area (Å²) in [5.74, 6) is 0.244. The maximum atomic E-state index is 12.3. The summed E-state index contributed by atoms with van der Waals surface area (Å²) in [4.78, 5) is 33.7. The minimum Gasteiger partial charge on any atom is -0.369 e. The Morgan fingerprint density at radius 2 is 2.30 bits per heavy atom. The second-order valence-corrected chi connectivity index (χ2v) is 4.68. The van der Waals surface area contributed by atoms with Crippen molar-refractivity contribution in [2.24, 2.45) is 0 Å². The number of amides is 2. The molecular formula is C13H19N5O2. The van der Waals surface area contributed by atoms with Crippen LogP contribution in [0.3, 0.4) is 0 Å². The minimum absolute atomic E-state index is 0.140. The van der Waals surface area contributed by atoms with E-state index >= 15 is 0 Å². The normalized spacial score (nSPS) is 18.6. The van der Waals surface area contributed by atoms with Crippen molar-refractivity contribution in [2.45, 2.75) is 26.3 Å². The molecule has 1 aromatic heterocycles. The third kappa shape index (κ3) is 3.04. The largest absolute Gasteiger partial charge is 0.369 e. The molecule has 2 amide bonds. The van der Waals surface area contributed by atoms with Gasteiger partial charge in [0.1, 0.15) is 17.6 Å². The summed E-state index contributed by atoms with van der Waals surface area (Å²) in [6.45, 7) is 5.53. The highest BCUT2D eigenvalue weighted by Gasteiger charge is 2.30. The second kappa shape index (κ2) is 6.31. The number of anilines is 1. The van der Waals surface area contributed by atoms with Gasteiger partial charge in [-0.15, -0.1) is 0 Å². The lowest BCUT2D eigenvalue weighted by Crippen LogP contribution is -2.55. The lowest BCUT2D eigenvalue weighted by Gasteiger charge is -2.32. The SMILES string of the molecule is CCCNc1cnc(C(=O)N2CCNC(=O)C2C)cn1. The summed E-state index contributed by atoms with van der Waals surface area (Å²) in [5.41, 5.74) is 0.258. The molecule has 7 heteroatoms. The van der Waals surface area contributed by atoms with Gasteiger partial charge in [-0.25, -0.2) is 9.97 Å². The average molecular weight is 277 g/mol. The van der Waals surface area contributed by atoms with E-state index in [2.05, 4.69) is 27.5 Å². The molecule has 108 valence electrons. The number of hydrogen-bond acceptors (Lipinski definition) is 5. The highest BCUT2D eigenvalue weighted by Crippen LogP contribution is 2.10. The van der Waals surface area contributed by atoms with E-state index in [4.69, 9.17) is 0 Å². The Bertz CT molecular complexity index is 488. The van der Waals surface area contributed by atoms with Crippen molar-refractivity contribution in [1.29, 1.82) is 0 Å². The maximum absolute atomic E-state index is 12.3. The number of rotatable bonds is 4. The van der Waals surface area contributed by atoms with Gasteiger partial charge in [0.25, 0.3) is 5.91 Å². The fraction of sp³-hybridized carbons (Fsp3) is 0.538. The molecule has 1 aromatic rings. The number of carbonyl (C=O) groups excluding carboxylic acids is 2. The number of aromatic nitrogens is 2. The first kappa shape index (κ1) is 14.2. The predicted molar refractivity (Wildman–Crippen MR) is 74.3 cm³/mol. The van der Waals surface area contributed by atoms with E-state index < -0.39 is 6.04 Å². The molecule has 2 N–H and O–H groups in total. The van der Waals surface area contributed by atoms with Crippen LogP contribution in [0.2, 0.25) is 0 Å². The molecule has 7 nitrogen and oxygen atoms in total. The Morgan fingerprint density at radius 1 is 1.50 bits per heavy atom. The Balaban J connectivity index is 2.06. The topological polar surface area (TPSA) is 87.2 Å². The fourth-order valence-corrected chi connectivity index (χ4v) is 1.99. The molecule has 0 aromatic carbocycles. The molecule has 2 heterocycles. The van der Waals surface area contributed by atoms with E-state index in [0.29, 0.717) is 18.9 Å². The molecule has 0 spiro atoms. The Morgan fingerprint density at radius 3 is 2.95 bits per heavy atom. The van der Waals surface area contributed by atoms with Crippen molar-refractivity contribution >= 4 is 17.6 Å². The summed E-state index contributed by atoms with van der Waals surface area (Å²) >= 11 is 0. The first-order valence-electron chi connectivity index (χ1n) is 6.78. The number of nitrogens with one attached hydrogen (secondary N) is 2. The molecule has 1 aliphatic rings. The Hall–Kier alpha value is -2.18. The maximum Gasteiger partial charge on any atom is 0.274 e. The molecule has 1 aliphatic heterocycles. The van der Waals surface area contributed by atoms with E-state index in [1.54, 1.807) is 6.92 Å². The van der Waals surface area contributed by atoms with E-state index in [0.717, 1.165) is 13.0 Å². The standard InChI is InChI=1S/C13H19N5O2/c1-3-4-14-11-8-16-10(7-17-11)13(20)18-6-5-15-12(19)9(18)2/h7-9H,3-6H2,1-2H3,(H,14,17)(H,15,19). The van der Waals surface area contributed by atoms with Crippen LogP contribution in [0.25, 0.3) is 0 Å². The zero-order chi connectivity index (χ0) is 14.5. The van der Waals surface area contributed by atoms with Gasteiger partial charge in [-0.05, 0) is 13.3 Å². The van der Waals surface area contributed by atoms with Crippen LogP contribution in [0.5, 0.6) is 0 Å². The lowest BCUT2D eigenvalue weighted by molar-refractivity contribution is -0.127. The van der Waals surface area contributed by atoms with Crippen LogP contribution < -0.4 is 10.6 Å². The van der Waals surface area contributed by atoms with Crippen LogP contribution in [0, 0.1) is 0 Å². The number of nitrogens with zero attached hydrogens (tertiary/aromatic N) is 3. The molecule has 2 rings (SSSR count). The van der Waals surface area contributed by atoms with Crippen molar-refractivity contribution in [3.63, 3.8) is 0 Å². The fourth-order valence-electron chi connectivity index (χ4n) is 1.99. The van der Waals surface area contributed by atoms with Gasteiger partial charge in [0.05, 0.1) is 12.4 Å². The van der Waals surface area contributed by atoms with Gasteiger partial charge in [0.2, 0.25) is 5.91 Å². The quantitative estimate of drug-likeness (QED) is 0.824. The zero-order valence-corrected chi connectivity index (χ0v) is 11.7. The molecule has 1 saturated heterocycles. The lowest BCUT2D eigenvalue weighted by atomic mass is 10.2. The van der Waals surface area contributed by atoms with E-state index in [1.807, 2.05) is 0 Å². The van der Waals surface area contributed by atoms with Crippen LogP contribution in [0.15, 0.2) is 12.4 Å². The summed E-state index contributed by atoms with van der Waals surface area (Å²) in [6, 6.07) is -0.476. The van der Waals surface area contributed by atoms with Gasteiger partial charge in [-0.2, -0.15) is 0 Å². The van der Waals surface area contributed by atoms with Crippen LogP contribution in [-0.2, 0) is 4.79 Å². The molecule has 0 aliphatic carbocycles. The Kier molecular flexibility index (Phi) is 4.49. The molecule has 0 bridgehead atoms. The van der Waals surface area contributed by atoms with Crippen molar-refractivity contribution < 1.29 is 9.59 Å². The monoisotopic (exact) mass is 277 g/mol. The van der Waals surface area contributed by atoms with Crippen LogP contribution in [0.4, 0.5) is 5.82 Å². The first-order chi connectivity index (χ1) is 9.63. The summed E-state index contributed by atoms with van der Waals surface area (Å²) in [7, 11) is 0. The van der Waals surface area contributed by atoms with E-state index in [9.17, 15) is 9.59 Å². The van der Waals surface area contributed by atoms with Crippen molar-refractivity contribution in [1.82, 2.24) is 20.2 Å². The van der Waals surface area contributed by atoms with Gasteiger partial charge < -0.3 is 15.5 Å². The van der Waals surface area contributed by atoms with Gasteiger partial charge in [-0.1, -0.05) is 6.92 Å². The first-order valence-corrected chi connectivity index (χ1v) is 6.78. The van der Waals surface area contributed by atoms with Crippen LogP contribution >= 0.6 is 0 Å². The van der Waals surface area contributed by atoms with Gasteiger partial charge in [0, 0.05) is 19.6 Å². The third-order valence-corrected chi connectivity index (χ3v) is 3.19. The number of hydrogen-bond donors (Lipinski definition) is 2. The summed E-state index contributed by atoms with van der Waals surface area (Å²) < 4.78 is 0. The minimum atomic E-state index is -0.476. The summed E-state index contributed by atoms with van der Waals surface area (Å²) in [6.07, 6.45) is 3.97. The zero-order valence-electron chi connectivity index (χ0n) is 11.7.